The molecule has 0 amide bonds. The molecule has 5 nitrogen and oxygen atoms in total. The quantitative estimate of drug-likeness (QED) is 0.677. The number of ketones is 1. The summed E-state index contributed by atoms with van der Waals surface area (Å²) < 4.78 is 10.9. The maximum absolute atomic E-state index is 12.4. The van der Waals surface area contributed by atoms with E-state index in [1.165, 1.54) is 7.11 Å². The van der Waals surface area contributed by atoms with Crippen LogP contribution in [-0.4, -0.2) is 31.0 Å². The molecule has 1 aliphatic heterocycles. The molecule has 0 bridgehead atoms. The SMILES string of the molecule is COC(=O)C(C)Cc1ccc2c(c1)OC(C1C=CC(N)C1)CC2=O. The Morgan fingerprint density at radius 1 is 1.42 bits per heavy atom. The van der Waals surface area contributed by atoms with Crippen molar-refractivity contribution in [1.82, 2.24) is 0 Å². The summed E-state index contributed by atoms with van der Waals surface area (Å²) in [5.41, 5.74) is 7.49. The van der Waals surface area contributed by atoms with Gasteiger partial charge < -0.3 is 15.2 Å². The number of Topliss-reactive ketones (excluding diaryl/α,β-unsaturated/α-hetero) is 1. The number of carbonyl (C=O) groups excluding carboxylic acids is 2. The van der Waals surface area contributed by atoms with Gasteiger partial charge in [-0.2, -0.15) is 0 Å². The summed E-state index contributed by atoms with van der Waals surface area (Å²) in [7, 11) is 1.39. The molecule has 2 N–H and O–H groups in total. The Morgan fingerprint density at radius 3 is 2.88 bits per heavy atom. The van der Waals surface area contributed by atoms with Crippen LogP contribution in [0.3, 0.4) is 0 Å². The molecule has 0 aromatic heterocycles. The largest absolute Gasteiger partial charge is 0.489 e. The van der Waals surface area contributed by atoms with Crippen LogP contribution in [0.5, 0.6) is 5.75 Å². The molecule has 1 heterocycles. The molecule has 0 saturated heterocycles. The Bertz CT molecular complexity index is 682. The summed E-state index contributed by atoms with van der Waals surface area (Å²) in [5.74, 6) is 0.406. The van der Waals surface area contributed by atoms with Crippen LogP contribution >= 0.6 is 0 Å². The zero-order valence-electron chi connectivity index (χ0n) is 14.0. The molecular formula is C19H23NO4. The summed E-state index contributed by atoms with van der Waals surface area (Å²) in [5, 5.41) is 0. The lowest BCUT2D eigenvalue weighted by Crippen LogP contribution is -2.33. The summed E-state index contributed by atoms with van der Waals surface area (Å²) >= 11 is 0. The highest BCUT2D eigenvalue weighted by Crippen LogP contribution is 2.34. The lowest BCUT2D eigenvalue weighted by atomic mass is 9.90. The van der Waals surface area contributed by atoms with Crippen molar-refractivity contribution >= 4 is 11.8 Å². The van der Waals surface area contributed by atoms with Crippen LogP contribution < -0.4 is 10.5 Å². The predicted molar refractivity (Wildman–Crippen MR) is 89.9 cm³/mol. The molecule has 0 saturated carbocycles. The van der Waals surface area contributed by atoms with Crippen LogP contribution in [0, 0.1) is 11.8 Å². The van der Waals surface area contributed by atoms with Gasteiger partial charge in [-0.3, -0.25) is 9.59 Å². The van der Waals surface area contributed by atoms with E-state index in [1.54, 1.807) is 6.07 Å². The second-order valence-corrected chi connectivity index (χ2v) is 6.69. The predicted octanol–water partition coefficient (Wildman–Crippen LogP) is 2.28. The Labute approximate surface area is 141 Å². The molecule has 128 valence electrons. The Balaban J connectivity index is 1.77. The number of rotatable bonds is 4. The highest BCUT2D eigenvalue weighted by atomic mass is 16.5. The van der Waals surface area contributed by atoms with E-state index in [1.807, 2.05) is 25.1 Å². The first-order valence-electron chi connectivity index (χ1n) is 8.32. The van der Waals surface area contributed by atoms with Crippen LogP contribution in [0.1, 0.15) is 35.7 Å². The minimum atomic E-state index is -0.243. The first kappa shape index (κ1) is 16.7. The van der Waals surface area contributed by atoms with Gasteiger partial charge in [0, 0.05) is 18.4 Å². The maximum atomic E-state index is 12.4. The molecule has 1 aliphatic carbocycles. The molecule has 1 aromatic carbocycles. The van der Waals surface area contributed by atoms with Gasteiger partial charge in [-0.1, -0.05) is 25.1 Å². The Kier molecular flexibility index (Phi) is 4.71. The monoisotopic (exact) mass is 329 g/mol. The molecule has 5 heteroatoms. The minimum Gasteiger partial charge on any atom is -0.489 e. The topological polar surface area (TPSA) is 78.6 Å². The van der Waals surface area contributed by atoms with Crippen molar-refractivity contribution in [2.24, 2.45) is 17.6 Å². The van der Waals surface area contributed by atoms with Crippen molar-refractivity contribution in [3.63, 3.8) is 0 Å². The van der Waals surface area contributed by atoms with Crippen molar-refractivity contribution in [2.75, 3.05) is 7.11 Å². The molecule has 24 heavy (non-hydrogen) atoms. The van der Waals surface area contributed by atoms with Crippen molar-refractivity contribution in [1.29, 1.82) is 0 Å². The highest BCUT2D eigenvalue weighted by Gasteiger charge is 2.33. The van der Waals surface area contributed by atoms with E-state index in [-0.39, 0.29) is 35.7 Å². The van der Waals surface area contributed by atoms with E-state index >= 15 is 0 Å². The number of hydrogen-bond donors (Lipinski definition) is 1. The van der Waals surface area contributed by atoms with Gasteiger partial charge in [0.15, 0.2) is 5.78 Å². The van der Waals surface area contributed by atoms with Crippen molar-refractivity contribution < 1.29 is 19.1 Å². The van der Waals surface area contributed by atoms with E-state index in [2.05, 4.69) is 6.08 Å². The van der Waals surface area contributed by atoms with Gasteiger partial charge in [-0.15, -0.1) is 0 Å². The smallest absolute Gasteiger partial charge is 0.308 e. The molecule has 0 spiro atoms. The zero-order valence-corrected chi connectivity index (χ0v) is 14.0. The van der Waals surface area contributed by atoms with Gasteiger partial charge in [0.25, 0.3) is 0 Å². The van der Waals surface area contributed by atoms with Crippen LogP contribution in [0.15, 0.2) is 30.4 Å². The summed E-state index contributed by atoms with van der Waals surface area (Å²) in [6.45, 7) is 1.82. The third-order valence-electron chi connectivity index (χ3n) is 4.78. The van der Waals surface area contributed by atoms with Crippen LogP contribution in [0.4, 0.5) is 0 Å². The van der Waals surface area contributed by atoms with Gasteiger partial charge >= 0.3 is 5.97 Å². The summed E-state index contributed by atoms with van der Waals surface area (Å²) in [6, 6.07) is 5.59. The zero-order chi connectivity index (χ0) is 17.3. The average Bonchev–Trinajstić information content (AvgIpc) is 3.00. The van der Waals surface area contributed by atoms with Crippen molar-refractivity contribution in [3.8, 4) is 5.75 Å². The molecule has 4 atom stereocenters. The van der Waals surface area contributed by atoms with Gasteiger partial charge in [0.1, 0.15) is 11.9 Å². The molecule has 2 aliphatic rings. The number of fused-ring (bicyclic) bond motifs is 1. The number of esters is 1. The molecule has 1 aromatic rings. The number of benzene rings is 1. The van der Waals surface area contributed by atoms with Crippen LogP contribution in [-0.2, 0) is 16.0 Å². The van der Waals surface area contributed by atoms with Crippen molar-refractivity contribution in [3.05, 3.63) is 41.5 Å². The standard InChI is InChI=1S/C19H23NO4/c1-11(19(22)23-2)7-12-3-6-15-16(21)10-17(24-18(15)8-12)13-4-5-14(20)9-13/h3-6,8,11,13-14,17H,7,9-10,20H2,1-2H3. The third-order valence-corrected chi connectivity index (χ3v) is 4.78. The van der Waals surface area contributed by atoms with E-state index in [0.29, 0.717) is 24.2 Å². The van der Waals surface area contributed by atoms with Gasteiger partial charge in [-0.25, -0.2) is 0 Å². The first-order valence-corrected chi connectivity index (χ1v) is 8.32. The fourth-order valence-electron chi connectivity index (χ4n) is 3.43. The lowest BCUT2D eigenvalue weighted by Gasteiger charge is -2.29. The molecule has 3 rings (SSSR count). The third kappa shape index (κ3) is 3.36. The summed E-state index contributed by atoms with van der Waals surface area (Å²) in [6.07, 6.45) is 5.61. The van der Waals surface area contributed by atoms with Gasteiger partial charge in [-0.05, 0) is 30.5 Å². The van der Waals surface area contributed by atoms with Crippen molar-refractivity contribution in [2.45, 2.75) is 38.3 Å². The van der Waals surface area contributed by atoms with Crippen LogP contribution in [0.25, 0.3) is 0 Å². The van der Waals surface area contributed by atoms with E-state index < -0.39 is 0 Å². The number of methoxy groups -OCH3 is 1. The van der Waals surface area contributed by atoms with E-state index in [9.17, 15) is 9.59 Å². The normalized spacial score (nSPS) is 26.6. The molecular weight excluding hydrogens is 306 g/mol. The number of nitrogens with two attached hydrogens (primary N) is 1. The van der Waals surface area contributed by atoms with E-state index in [4.69, 9.17) is 15.2 Å². The van der Waals surface area contributed by atoms with Gasteiger partial charge in [0.05, 0.1) is 18.6 Å². The fourth-order valence-corrected chi connectivity index (χ4v) is 3.43. The number of hydrogen-bond acceptors (Lipinski definition) is 5. The second kappa shape index (κ2) is 6.77. The fraction of sp³-hybridized carbons (Fsp3) is 0.474. The lowest BCUT2D eigenvalue weighted by molar-refractivity contribution is -0.144. The summed E-state index contributed by atoms with van der Waals surface area (Å²) in [4.78, 5) is 24.0. The molecule has 0 radical (unpaired) electrons. The number of carbonyl (C=O) groups is 2. The van der Waals surface area contributed by atoms with E-state index in [0.717, 1.165) is 12.0 Å². The first-order chi connectivity index (χ1) is 11.5. The van der Waals surface area contributed by atoms with Crippen LogP contribution in [0.2, 0.25) is 0 Å². The Hall–Kier alpha value is -2.14. The number of ether oxygens (including phenoxy) is 2. The Morgan fingerprint density at radius 2 is 2.21 bits per heavy atom. The maximum Gasteiger partial charge on any atom is 0.308 e. The highest BCUT2D eigenvalue weighted by molar-refractivity contribution is 6.00. The minimum absolute atomic E-state index is 0.0438. The second-order valence-electron chi connectivity index (χ2n) is 6.69. The molecule has 4 unspecified atom stereocenters. The van der Waals surface area contributed by atoms with Gasteiger partial charge in [0.2, 0.25) is 0 Å². The average molecular weight is 329 g/mol. The molecule has 0 fully saturated rings.